The molecule has 7 nitrogen and oxygen atoms in total. The average Bonchev–Trinajstić information content (AvgIpc) is 3.82. The van der Waals surface area contributed by atoms with Crippen LogP contribution in [-0.2, 0) is 9.59 Å². The van der Waals surface area contributed by atoms with E-state index < -0.39 is 5.54 Å². The van der Waals surface area contributed by atoms with Gasteiger partial charge >= 0.3 is 0 Å². The van der Waals surface area contributed by atoms with Crippen molar-refractivity contribution >= 4 is 28.4 Å². The Morgan fingerprint density at radius 3 is 2.40 bits per heavy atom. The number of aryl methyl sites for hydroxylation is 1. The largest absolute Gasteiger partial charge is 0.497 e. The molecule has 40 heavy (non-hydrogen) atoms. The summed E-state index contributed by atoms with van der Waals surface area (Å²) in [5, 5.41) is 4.43. The van der Waals surface area contributed by atoms with E-state index in [1.807, 2.05) is 29.2 Å². The molecule has 1 saturated heterocycles. The number of amides is 2. The third-order valence-corrected chi connectivity index (χ3v) is 9.93. The summed E-state index contributed by atoms with van der Waals surface area (Å²) < 4.78 is 5.28. The number of nitrogens with one attached hydrogen (secondary N) is 2. The lowest BCUT2D eigenvalue weighted by Gasteiger charge is -2.47. The number of ether oxygens (including phenoxy) is 1. The fourth-order valence-corrected chi connectivity index (χ4v) is 7.30. The topological polar surface area (TPSA) is 77.7 Å². The van der Waals surface area contributed by atoms with Gasteiger partial charge in [-0.1, -0.05) is 32.0 Å². The van der Waals surface area contributed by atoms with E-state index in [1.165, 1.54) is 16.6 Å². The summed E-state index contributed by atoms with van der Waals surface area (Å²) in [5.41, 5.74) is 3.61. The predicted molar refractivity (Wildman–Crippen MR) is 159 cm³/mol. The van der Waals surface area contributed by atoms with Crippen molar-refractivity contribution in [1.29, 1.82) is 0 Å². The van der Waals surface area contributed by atoms with Crippen molar-refractivity contribution < 1.29 is 14.3 Å². The molecule has 1 aromatic heterocycles. The van der Waals surface area contributed by atoms with Crippen LogP contribution in [0, 0.1) is 18.3 Å². The minimum Gasteiger partial charge on any atom is -0.497 e. The van der Waals surface area contributed by atoms with Crippen molar-refractivity contribution in [2.45, 2.75) is 70.4 Å². The number of anilines is 1. The van der Waals surface area contributed by atoms with E-state index in [-0.39, 0.29) is 29.2 Å². The van der Waals surface area contributed by atoms with Crippen LogP contribution in [0.4, 0.5) is 5.69 Å². The maximum Gasteiger partial charge on any atom is 0.250 e. The monoisotopic (exact) mass is 542 g/mol. The van der Waals surface area contributed by atoms with Gasteiger partial charge in [0.25, 0.3) is 0 Å². The predicted octanol–water partition coefficient (Wildman–Crippen LogP) is 5.71. The van der Waals surface area contributed by atoms with E-state index in [4.69, 9.17) is 4.74 Å². The number of H-pyrrole nitrogens is 1. The van der Waals surface area contributed by atoms with E-state index in [0.717, 1.165) is 42.9 Å². The van der Waals surface area contributed by atoms with Crippen molar-refractivity contribution in [3.8, 4) is 5.75 Å². The molecule has 0 bridgehead atoms. The van der Waals surface area contributed by atoms with Gasteiger partial charge in [-0.3, -0.25) is 9.59 Å². The summed E-state index contributed by atoms with van der Waals surface area (Å²) in [6.45, 7) is 8.31. The smallest absolute Gasteiger partial charge is 0.250 e. The van der Waals surface area contributed by atoms with E-state index >= 15 is 0 Å². The molecule has 2 saturated carbocycles. The molecule has 3 fully saturated rings. The Labute approximate surface area is 237 Å². The molecule has 3 aromatic rings. The number of aromatic nitrogens is 1. The third-order valence-electron chi connectivity index (χ3n) is 9.93. The second-order valence-corrected chi connectivity index (χ2v) is 12.8. The number of para-hydroxylation sites is 1. The highest BCUT2D eigenvalue weighted by Crippen LogP contribution is 2.67. The second kappa shape index (κ2) is 9.95. The lowest BCUT2D eigenvalue weighted by atomic mass is 9.83. The first kappa shape index (κ1) is 26.9. The van der Waals surface area contributed by atoms with E-state index in [0.29, 0.717) is 25.2 Å². The van der Waals surface area contributed by atoms with Gasteiger partial charge in [-0.15, -0.1) is 0 Å². The lowest BCUT2D eigenvalue weighted by Crippen LogP contribution is -2.64. The van der Waals surface area contributed by atoms with Gasteiger partial charge in [-0.2, -0.15) is 0 Å². The Morgan fingerprint density at radius 2 is 1.75 bits per heavy atom. The highest BCUT2D eigenvalue weighted by Gasteiger charge is 2.61. The summed E-state index contributed by atoms with van der Waals surface area (Å²) in [6.07, 6.45) is 3.70. The van der Waals surface area contributed by atoms with Crippen LogP contribution in [0.25, 0.3) is 10.9 Å². The van der Waals surface area contributed by atoms with Gasteiger partial charge in [0.2, 0.25) is 11.8 Å². The summed E-state index contributed by atoms with van der Waals surface area (Å²) in [6, 6.07) is 16.0. The standard InChI is InChI=1S/C33H42N4O3/c1-21-29(25-8-6-7-9-27(25)34-21)30-26(32(30,2)3)20-28(38)37(23-12-13-23)33(16-18-36(4)19-17-33)31(39)35-22-10-14-24(40-5)15-11-22/h6-11,14-15,23,26,30,34H,12-13,16-20H2,1-5H3,(H,35,39)/t26-,30-/m1/s1. The van der Waals surface area contributed by atoms with Gasteiger partial charge in [-0.25, -0.2) is 0 Å². The number of likely N-dealkylation sites (tertiary alicyclic amines) is 1. The van der Waals surface area contributed by atoms with Crippen molar-refractivity contribution in [3.63, 3.8) is 0 Å². The number of hydrogen-bond donors (Lipinski definition) is 2. The highest BCUT2D eigenvalue weighted by molar-refractivity contribution is 6.01. The van der Waals surface area contributed by atoms with Crippen molar-refractivity contribution in [3.05, 3.63) is 59.8 Å². The third kappa shape index (κ3) is 4.58. The Balaban J connectivity index is 1.27. The van der Waals surface area contributed by atoms with Gasteiger partial charge < -0.3 is 24.8 Å². The molecular weight excluding hydrogens is 500 g/mol. The molecule has 2 N–H and O–H groups in total. The maximum absolute atomic E-state index is 14.4. The summed E-state index contributed by atoms with van der Waals surface area (Å²) in [5.74, 6) is 1.37. The molecule has 0 radical (unpaired) electrons. The number of nitrogens with zero attached hydrogens (tertiary/aromatic N) is 2. The number of rotatable bonds is 8. The molecule has 2 aromatic carbocycles. The Hall–Kier alpha value is -3.32. The van der Waals surface area contributed by atoms with Gasteiger partial charge in [0.15, 0.2) is 0 Å². The van der Waals surface area contributed by atoms with Crippen LogP contribution in [0.15, 0.2) is 48.5 Å². The van der Waals surface area contributed by atoms with E-state index in [2.05, 4.69) is 67.3 Å². The minimum absolute atomic E-state index is 0.0197. The number of piperidine rings is 1. The normalized spacial score (nSPS) is 23.5. The van der Waals surface area contributed by atoms with Crippen molar-refractivity contribution in [2.24, 2.45) is 11.3 Å². The SMILES string of the molecule is COc1ccc(NC(=O)C2(N(C(=O)C[C@@H]3[C@H](c4c(C)[nH]c5ccccc45)C3(C)C)C3CC3)CCN(C)CC2)cc1. The first-order chi connectivity index (χ1) is 19.2. The van der Waals surface area contributed by atoms with Crippen LogP contribution in [0.3, 0.4) is 0 Å². The molecule has 6 rings (SSSR count). The number of aromatic amines is 1. The zero-order chi connectivity index (χ0) is 28.2. The molecular formula is C33H42N4O3. The fourth-order valence-electron chi connectivity index (χ4n) is 7.30. The number of carbonyl (C=O) groups excluding carboxylic acids is 2. The molecule has 1 aliphatic heterocycles. The molecule has 2 aliphatic carbocycles. The number of hydrogen-bond acceptors (Lipinski definition) is 4. The number of fused-ring (bicyclic) bond motifs is 1. The zero-order valence-corrected chi connectivity index (χ0v) is 24.4. The molecule has 2 heterocycles. The van der Waals surface area contributed by atoms with Crippen molar-refractivity contribution in [1.82, 2.24) is 14.8 Å². The summed E-state index contributed by atoms with van der Waals surface area (Å²) >= 11 is 0. The van der Waals surface area contributed by atoms with Crippen LogP contribution >= 0.6 is 0 Å². The van der Waals surface area contributed by atoms with Crippen LogP contribution in [0.1, 0.15) is 63.1 Å². The number of carbonyl (C=O) groups is 2. The lowest BCUT2D eigenvalue weighted by molar-refractivity contribution is -0.150. The molecule has 0 spiro atoms. The summed E-state index contributed by atoms with van der Waals surface area (Å²) in [4.78, 5) is 36.4. The Kier molecular flexibility index (Phi) is 6.68. The summed E-state index contributed by atoms with van der Waals surface area (Å²) in [7, 11) is 3.72. The molecule has 212 valence electrons. The first-order valence-electron chi connectivity index (χ1n) is 14.7. The van der Waals surface area contributed by atoms with Crippen LogP contribution in [0.2, 0.25) is 0 Å². The van der Waals surface area contributed by atoms with Gasteiger partial charge in [0.05, 0.1) is 7.11 Å². The zero-order valence-electron chi connectivity index (χ0n) is 24.4. The maximum atomic E-state index is 14.4. The molecule has 7 heteroatoms. The first-order valence-corrected chi connectivity index (χ1v) is 14.7. The Morgan fingerprint density at radius 1 is 1.07 bits per heavy atom. The van der Waals surface area contributed by atoms with Crippen molar-refractivity contribution in [2.75, 3.05) is 32.6 Å². The highest BCUT2D eigenvalue weighted by atomic mass is 16.5. The van der Waals surface area contributed by atoms with Crippen LogP contribution in [-0.4, -0.2) is 65.4 Å². The number of methoxy groups -OCH3 is 1. The van der Waals surface area contributed by atoms with Crippen LogP contribution in [0.5, 0.6) is 5.75 Å². The second-order valence-electron chi connectivity index (χ2n) is 12.8. The van der Waals surface area contributed by atoms with Gasteiger partial charge in [0, 0.05) is 47.8 Å². The quantitative estimate of drug-likeness (QED) is 0.382. The fraction of sp³-hybridized carbons (Fsp3) is 0.515. The minimum atomic E-state index is -0.837. The van der Waals surface area contributed by atoms with E-state index in [1.54, 1.807) is 7.11 Å². The molecule has 2 atom stereocenters. The molecule has 0 unspecified atom stereocenters. The van der Waals surface area contributed by atoms with Gasteiger partial charge in [-0.05, 0) is 92.8 Å². The Bertz CT molecular complexity index is 1410. The average molecular weight is 543 g/mol. The molecule has 2 amide bonds. The van der Waals surface area contributed by atoms with Crippen LogP contribution < -0.4 is 10.1 Å². The van der Waals surface area contributed by atoms with E-state index in [9.17, 15) is 9.59 Å². The van der Waals surface area contributed by atoms with Gasteiger partial charge in [0.1, 0.15) is 11.3 Å². The molecule has 3 aliphatic rings. The number of benzene rings is 2.